The molecule has 12 heteroatoms. The molecule has 0 N–H and O–H groups in total. The fourth-order valence-corrected chi connectivity index (χ4v) is 3.67. The summed E-state index contributed by atoms with van der Waals surface area (Å²) in [5, 5.41) is -1.75. The van der Waals surface area contributed by atoms with Crippen molar-refractivity contribution in [2.24, 2.45) is 0 Å². The first-order valence-electron chi connectivity index (χ1n) is 10.0. The topological polar surface area (TPSA) is 133 Å². The van der Waals surface area contributed by atoms with E-state index in [1.54, 1.807) is 20.8 Å². The Morgan fingerprint density at radius 2 is 1.81 bits per heavy atom. The smallest absolute Gasteiger partial charge is 0.307 e. The molecule has 1 heterocycles. The average Bonchev–Trinajstić information content (AvgIpc) is 3.07. The van der Waals surface area contributed by atoms with Gasteiger partial charge < -0.3 is 28.4 Å². The zero-order valence-electron chi connectivity index (χ0n) is 19.3. The first-order chi connectivity index (χ1) is 14.9. The average molecular weight is 483 g/mol. The van der Waals surface area contributed by atoms with Crippen molar-refractivity contribution in [3.63, 3.8) is 0 Å². The van der Waals surface area contributed by atoms with E-state index >= 15 is 0 Å². The molecule has 3 unspecified atom stereocenters. The van der Waals surface area contributed by atoms with Crippen molar-refractivity contribution >= 4 is 21.9 Å². The Hall–Kier alpha value is -1.41. The number of methoxy groups -OCH3 is 1. The standard InChI is InChI=1S/C20H34O11S/c1-14(2)8-27-9-15(10-28-11-16-12-30-20(3,4)31-16)29-13-17(21)18(7-19(22)25-5)32(23,24)26-6/h15-16,18H,1,7-13H2,2-6H3. The van der Waals surface area contributed by atoms with Crippen molar-refractivity contribution in [3.05, 3.63) is 12.2 Å². The van der Waals surface area contributed by atoms with Gasteiger partial charge in [0.15, 0.2) is 16.8 Å². The number of carbonyl (C=O) groups is 2. The van der Waals surface area contributed by atoms with Crippen molar-refractivity contribution in [3.8, 4) is 0 Å². The minimum atomic E-state index is -4.31. The normalized spacial score (nSPS) is 20.0. The highest BCUT2D eigenvalue weighted by Gasteiger charge is 2.36. The van der Waals surface area contributed by atoms with Gasteiger partial charge in [0, 0.05) is 0 Å². The molecule has 0 spiro atoms. The first-order valence-corrected chi connectivity index (χ1v) is 11.5. The fourth-order valence-electron chi connectivity index (χ4n) is 2.71. The molecule has 32 heavy (non-hydrogen) atoms. The summed E-state index contributed by atoms with van der Waals surface area (Å²) in [5.74, 6) is -2.39. The Bertz CT molecular complexity index is 732. The van der Waals surface area contributed by atoms with Crippen LogP contribution in [0.15, 0.2) is 12.2 Å². The molecule has 0 bridgehead atoms. The van der Waals surface area contributed by atoms with Crippen molar-refractivity contribution in [1.82, 2.24) is 0 Å². The summed E-state index contributed by atoms with van der Waals surface area (Å²) in [6.07, 6.45) is -1.62. The van der Waals surface area contributed by atoms with E-state index in [4.69, 9.17) is 23.7 Å². The van der Waals surface area contributed by atoms with Crippen LogP contribution < -0.4 is 0 Å². The highest BCUT2D eigenvalue weighted by Crippen LogP contribution is 2.22. The third kappa shape index (κ3) is 10.5. The van der Waals surface area contributed by atoms with Crippen LogP contribution in [0, 0.1) is 0 Å². The number of rotatable bonds is 16. The lowest BCUT2D eigenvalue weighted by molar-refractivity contribution is -0.149. The third-order valence-electron chi connectivity index (χ3n) is 4.31. The van der Waals surface area contributed by atoms with E-state index in [1.807, 2.05) is 0 Å². The molecular weight excluding hydrogens is 448 g/mol. The lowest BCUT2D eigenvalue weighted by atomic mass is 10.2. The second-order valence-electron chi connectivity index (χ2n) is 7.79. The van der Waals surface area contributed by atoms with Crippen molar-refractivity contribution in [1.29, 1.82) is 0 Å². The van der Waals surface area contributed by atoms with Crippen LogP contribution in [0.1, 0.15) is 27.2 Å². The largest absolute Gasteiger partial charge is 0.469 e. The second kappa shape index (κ2) is 13.3. The molecule has 0 aromatic carbocycles. The highest BCUT2D eigenvalue weighted by atomic mass is 32.2. The zero-order valence-corrected chi connectivity index (χ0v) is 20.1. The van der Waals surface area contributed by atoms with Crippen LogP contribution in [-0.4, -0.2) is 97.3 Å². The first kappa shape index (κ1) is 28.6. The van der Waals surface area contributed by atoms with E-state index in [9.17, 15) is 18.0 Å². The van der Waals surface area contributed by atoms with Gasteiger partial charge in [-0.3, -0.25) is 13.8 Å². The van der Waals surface area contributed by atoms with Crippen LogP contribution in [0.25, 0.3) is 0 Å². The number of ether oxygens (including phenoxy) is 6. The SMILES string of the molecule is C=C(C)COCC(COCC1COC(C)(C)O1)OCC(=O)C(CC(=O)OC)S(=O)(=O)OC. The van der Waals surface area contributed by atoms with Gasteiger partial charge in [0.25, 0.3) is 10.1 Å². The maximum atomic E-state index is 12.5. The molecule has 11 nitrogen and oxygen atoms in total. The second-order valence-corrected chi connectivity index (χ2v) is 9.68. The predicted molar refractivity (Wildman–Crippen MR) is 112 cm³/mol. The molecule has 1 rings (SSSR count). The van der Waals surface area contributed by atoms with Crippen molar-refractivity contribution < 1.29 is 50.6 Å². The Kier molecular flexibility index (Phi) is 11.9. The zero-order chi connectivity index (χ0) is 24.4. The monoisotopic (exact) mass is 482 g/mol. The molecule has 0 saturated carbocycles. The maximum absolute atomic E-state index is 12.5. The van der Waals surface area contributed by atoms with Gasteiger partial charge in [-0.2, -0.15) is 8.42 Å². The number of ketones is 1. The van der Waals surface area contributed by atoms with Gasteiger partial charge in [-0.05, 0) is 20.8 Å². The van der Waals surface area contributed by atoms with Gasteiger partial charge in [-0.25, -0.2) is 0 Å². The summed E-state index contributed by atoms with van der Waals surface area (Å²) in [6.45, 7) is 9.58. The highest BCUT2D eigenvalue weighted by molar-refractivity contribution is 7.88. The van der Waals surface area contributed by atoms with Gasteiger partial charge in [0.05, 0.1) is 53.7 Å². The van der Waals surface area contributed by atoms with Gasteiger partial charge >= 0.3 is 5.97 Å². The van der Waals surface area contributed by atoms with Crippen LogP contribution in [0.2, 0.25) is 0 Å². The van der Waals surface area contributed by atoms with Gasteiger partial charge in [-0.1, -0.05) is 12.2 Å². The minimum absolute atomic E-state index is 0.0580. The van der Waals surface area contributed by atoms with Crippen LogP contribution >= 0.6 is 0 Å². The Balaban J connectivity index is 2.67. The number of hydrogen-bond donors (Lipinski definition) is 0. The summed E-state index contributed by atoms with van der Waals surface area (Å²) in [5.41, 5.74) is 0.795. The summed E-state index contributed by atoms with van der Waals surface area (Å²) in [4.78, 5) is 24.1. The molecule has 0 aromatic rings. The lowest BCUT2D eigenvalue weighted by Crippen LogP contribution is -2.38. The number of hydrogen-bond acceptors (Lipinski definition) is 11. The van der Waals surface area contributed by atoms with E-state index in [-0.39, 0.29) is 32.5 Å². The van der Waals surface area contributed by atoms with Gasteiger partial charge in [-0.15, -0.1) is 0 Å². The van der Waals surface area contributed by atoms with Crippen molar-refractivity contribution in [2.75, 3.05) is 53.9 Å². The van der Waals surface area contributed by atoms with E-state index < -0.39 is 52.0 Å². The number of carbonyl (C=O) groups excluding carboxylic acids is 2. The fraction of sp³-hybridized carbons (Fsp3) is 0.800. The Morgan fingerprint density at radius 3 is 2.34 bits per heavy atom. The molecule has 0 radical (unpaired) electrons. The molecular formula is C20H34O11S. The third-order valence-corrected chi connectivity index (χ3v) is 5.90. The van der Waals surface area contributed by atoms with E-state index in [1.165, 1.54) is 0 Å². The molecule has 1 aliphatic heterocycles. The summed E-state index contributed by atoms with van der Waals surface area (Å²) in [6, 6.07) is 0. The molecule has 3 atom stereocenters. The van der Waals surface area contributed by atoms with Crippen LogP contribution in [0.3, 0.4) is 0 Å². The molecule has 1 fully saturated rings. The summed E-state index contributed by atoms with van der Waals surface area (Å²) in [7, 11) is -2.32. The molecule has 0 amide bonds. The molecule has 186 valence electrons. The van der Waals surface area contributed by atoms with Crippen molar-refractivity contribution in [2.45, 2.75) is 50.4 Å². The van der Waals surface area contributed by atoms with E-state index in [2.05, 4.69) is 15.5 Å². The van der Waals surface area contributed by atoms with Gasteiger partial charge in [0.1, 0.15) is 18.8 Å². The Morgan fingerprint density at radius 1 is 1.16 bits per heavy atom. The number of esters is 1. The molecule has 1 saturated heterocycles. The molecule has 1 aliphatic rings. The Labute approximate surface area is 189 Å². The minimum Gasteiger partial charge on any atom is -0.469 e. The predicted octanol–water partition coefficient (Wildman–Crippen LogP) is 0.609. The quantitative estimate of drug-likeness (QED) is 0.174. The lowest BCUT2D eigenvalue weighted by Gasteiger charge is -2.21. The summed E-state index contributed by atoms with van der Waals surface area (Å²) >= 11 is 0. The summed E-state index contributed by atoms with van der Waals surface area (Å²) < 4.78 is 60.8. The van der Waals surface area contributed by atoms with Crippen LogP contribution in [0.4, 0.5) is 0 Å². The number of Topliss-reactive ketones (excluding diaryl/α,β-unsaturated/α-hetero) is 1. The van der Waals surface area contributed by atoms with E-state index in [0.29, 0.717) is 6.61 Å². The maximum Gasteiger partial charge on any atom is 0.307 e. The van der Waals surface area contributed by atoms with Crippen LogP contribution in [-0.2, 0) is 52.3 Å². The van der Waals surface area contributed by atoms with Crippen LogP contribution in [0.5, 0.6) is 0 Å². The van der Waals surface area contributed by atoms with E-state index in [0.717, 1.165) is 19.8 Å². The van der Waals surface area contributed by atoms with Gasteiger partial charge in [0.2, 0.25) is 0 Å². The molecule has 0 aromatic heterocycles. The molecule has 0 aliphatic carbocycles.